The third-order valence-electron chi connectivity index (χ3n) is 6.08. The van der Waals surface area contributed by atoms with Crippen molar-refractivity contribution in [1.82, 2.24) is 9.80 Å². The zero-order valence-electron chi connectivity index (χ0n) is 12.6. The van der Waals surface area contributed by atoms with Crippen molar-refractivity contribution in [1.29, 1.82) is 0 Å². The van der Waals surface area contributed by atoms with Crippen molar-refractivity contribution in [3.63, 3.8) is 0 Å². The summed E-state index contributed by atoms with van der Waals surface area (Å²) in [5.41, 5.74) is 0.228. The van der Waals surface area contributed by atoms with Gasteiger partial charge in [0, 0.05) is 24.7 Å². The minimum Gasteiger partial charge on any atom is -0.303 e. The summed E-state index contributed by atoms with van der Waals surface area (Å²) < 4.78 is 13.6. The summed E-state index contributed by atoms with van der Waals surface area (Å²) in [6.45, 7) is 5.39. The highest BCUT2D eigenvalue weighted by Crippen LogP contribution is 2.46. The minimum absolute atomic E-state index is 0.228. The molecular weight excluding hydrogens is 239 g/mol. The first-order valence-electron chi connectivity index (χ1n) is 8.22. The summed E-state index contributed by atoms with van der Waals surface area (Å²) >= 11 is 0. The molecular formula is C16H29FN2. The third-order valence-corrected chi connectivity index (χ3v) is 6.08. The van der Waals surface area contributed by atoms with Crippen LogP contribution in [0, 0.1) is 5.92 Å². The lowest BCUT2D eigenvalue weighted by Gasteiger charge is -2.30. The molecule has 0 amide bonds. The predicted octanol–water partition coefficient (Wildman–Crippen LogP) is 3.07. The Labute approximate surface area is 117 Å². The maximum absolute atomic E-state index is 13.6. The van der Waals surface area contributed by atoms with Crippen molar-refractivity contribution in [3.05, 3.63) is 0 Å². The van der Waals surface area contributed by atoms with Crippen LogP contribution in [-0.2, 0) is 0 Å². The molecule has 3 heteroatoms. The van der Waals surface area contributed by atoms with Gasteiger partial charge in [-0.25, -0.2) is 4.39 Å². The Morgan fingerprint density at radius 2 is 2.05 bits per heavy atom. The topological polar surface area (TPSA) is 6.48 Å². The number of rotatable bonds is 4. The summed E-state index contributed by atoms with van der Waals surface area (Å²) in [7, 11) is 2.27. The highest BCUT2D eigenvalue weighted by Gasteiger charge is 2.50. The van der Waals surface area contributed by atoms with Crippen molar-refractivity contribution in [2.75, 3.05) is 26.7 Å². The lowest BCUT2D eigenvalue weighted by molar-refractivity contribution is 0.189. The van der Waals surface area contributed by atoms with Crippen molar-refractivity contribution in [2.45, 2.75) is 69.6 Å². The van der Waals surface area contributed by atoms with Gasteiger partial charge in [0.25, 0.3) is 0 Å². The predicted molar refractivity (Wildman–Crippen MR) is 77.1 cm³/mol. The van der Waals surface area contributed by atoms with E-state index in [1.54, 1.807) is 0 Å². The molecule has 3 aliphatic heterocycles. The van der Waals surface area contributed by atoms with E-state index >= 15 is 0 Å². The Balaban J connectivity index is 1.52. The van der Waals surface area contributed by atoms with Crippen LogP contribution >= 0.6 is 0 Å². The summed E-state index contributed by atoms with van der Waals surface area (Å²) in [6, 6.07) is 0.821. The summed E-state index contributed by atoms with van der Waals surface area (Å²) in [5.74, 6) is 0.821. The van der Waals surface area contributed by atoms with E-state index in [-0.39, 0.29) is 5.54 Å². The van der Waals surface area contributed by atoms with Gasteiger partial charge in [-0.15, -0.1) is 0 Å². The Bertz CT molecular complexity index is 322. The van der Waals surface area contributed by atoms with Crippen molar-refractivity contribution >= 4 is 0 Å². The molecule has 0 aromatic rings. The SMILES string of the molecule is CC[C@@]12CC(CC[C@@H]3CCCN3C)CN1C[C@H](F)C2. The van der Waals surface area contributed by atoms with Crippen LogP contribution in [0.3, 0.4) is 0 Å². The van der Waals surface area contributed by atoms with Crippen LogP contribution in [0.2, 0.25) is 0 Å². The molecule has 3 fully saturated rings. The monoisotopic (exact) mass is 268 g/mol. The molecule has 3 aliphatic rings. The molecule has 0 aliphatic carbocycles. The molecule has 3 rings (SSSR count). The normalized spacial score (nSPS) is 44.1. The van der Waals surface area contributed by atoms with E-state index < -0.39 is 6.17 Å². The van der Waals surface area contributed by atoms with Crippen LogP contribution in [0.4, 0.5) is 4.39 Å². The number of fused-ring (bicyclic) bond motifs is 1. The fraction of sp³-hybridized carbons (Fsp3) is 1.00. The van der Waals surface area contributed by atoms with Gasteiger partial charge in [-0.05, 0) is 64.5 Å². The average molecular weight is 268 g/mol. The Hall–Kier alpha value is -0.150. The number of halogens is 1. The number of alkyl halides is 1. The van der Waals surface area contributed by atoms with Gasteiger partial charge in [0.15, 0.2) is 0 Å². The number of nitrogens with zero attached hydrogens (tertiary/aromatic N) is 2. The second-order valence-electron chi connectivity index (χ2n) is 7.21. The second-order valence-corrected chi connectivity index (χ2v) is 7.21. The molecule has 4 atom stereocenters. The van der Waals surface area contributed by atoms with Gasteiger partial charge >= 0.3 is 0 Å². The summed E-state index contributed by atoms with van der Waals surface area (Å²) in [4.78, 5) is 5.00. The number of likely N-dealkylation sites (tertiary alicyclic amines) is 1. The van der Waals surface area contributed by atoms with Gasteiger partial charge < -0.3 is 4.90 Å². The first-order chi connectivity index (χ1) is 9.13. The standard InChI is InChI=1S/C16H29FN2/c1-3-16-9-13(11-19(16)12-14(17)10-16)6-7-15-5-4-8-18(15)2/h13-15H,3-12H2,1-2H3/t13?,14-,15+,16+/m1/s1. The smallest absolute Gasteiger partial charge is 0.115 e. The van der Waals surface area contributed by atoms with Crippen LogP contribution in [0.5, 0.6) is 0 Å². The van der Waals surface area contributed by atoms with Crippen LogP contribution in [-0.4, -0.2) is 54.2 Å². The van der Waals surface area contributed by atoms with Crippen LogP contribution in [0.25, 0.3) is 0 Å². The van der Waals surface area contributed by atoms with E-state index in [2.05, 4.69) is 23.8 Å². The Kier molecular flexibility index (Phi) is 3.87. The number of hydrogen-bond acceptors (Lipinski definition) is 2. The van der Waals surface area contributed by atoms with Crippen molar-refractivity contribution in [3.8, 4) is 0 Å². The lowest BCUT2D eigenvalue weighted by Crippen LogP contribution is -2.37. The van der Waals surface area contributed by atoms with Crippen LogP contribution in [0.1, 0.15) is 51.9 Å². The average Bonchev–Trinajstić information content (AvgIpc) is 2.99. The summed E-state index contributed by atoms with van der Waals surface area (Å²) in [6.07, 6.45) is 8.08. The molecule has 0 radical (unpaired) electrons. The molecule has 0 aromatic carbocycles. The molecule has 110 valence electrons. The molecule has 0 saturated carbocycles. The quantitative estimate of drug-likeness (QED) is 0.773. The highest BCUT2D eigenvalue weighted by atomic mass is 19.1. The maximum Gasteiger partial charge on any atom is 0.115 e. The van der Waals surface area contributed by atoms with Crippen LogP contribution < -0.4 is 0 Å². The molecule has 0 aromatic heterocycles. The number of hydrogen-bond donors (Lipinski definition) is 0. The molecule has 0 bridgehead atoms. The lowest BCUT2D eigenvalue weighted by atomic mass is 9.85. The van der Waals surface area contributed by atoms with Gasteiger partial charge in [0.2, 0.25) is 0 Å². The molecule has 19 heavy (non-hydrogen) atoms. The van der Waals surface area contributed by atoms with Crippen LogP contribution in [0.15, 0.2) is 0 Å². The fourth-order valence-electron chi connectivity index (χ4n) is 4.91. The Morgan fingerprint density at radius 1 is 1.21 bits per heavy atom. The second kappa shape index (κ2) is 5.33. The van der Waals surface area contributed by atoms with Crippen molar-refractivity contribution < 1.29 is 4.39 Å². The van der Waals surface area contributed by atoms with Gasteiger partial charge in [-0.1, -0.05) is 6.92 Å². The van der Waals surface area contributed by atoms with Gasteiger partial charge in [0.05, 0.1) is 0 Å². The molecule has 3 heterocycles. The zero-order valence-corrected chi connectivity index (χ0v) is 12.6. The minimum atomic E-state index is -0.568. The van der Waals surface area contributed by atoms with E-state index in [9.17, 15) is 4.39 Å². The molecule has 3 saturated heterocycles. The van der Waals surface area contributed by atoms with E-state index in [1.807, 2.05) is 0 Å². The van der Waals surface area contributed by atoms with E-state index in [0.29, 0.717) is 6.54 Å². The molecule has 2 nitrogen and oxygen atoms in total. The fourth-order valence-corrected chi connectivity index (χ4v) is 4.91. The highest BCUT2D eigenvalue weighted by molar-refractivity contribution is 5.05. The molecule has 1 unspecified atom stereocenters. The van der Waals surface area contributed by atoms with Gasteiger partial charge in [-0.3, -0.25) is 4.90 Å². The van der Waals surface area contributed by atoms with E-state index in [0.717, 1.165) is 31.3 Å². The first-order valence-corrected chi connectivity index (χ1v) is 8.22. The molecule has 0 spiro atoms. The Morgan fingerprint density at radius 3 is 2.68 bits per heavy atom. The maximum atomic E-state index is 13.6. The summed E-state index contributed by atoms with van der Waals surface area (Å²) in [5, 5.41) is 0. The third kappa shape index (κ3) is 2.56. The first kappa shape index (κ1) is 13.8. The van der Waals surface area contributed by atoms with Gasteiger partial charge in [-0.2, -0.15) is 0 Å². The van der Waals surface area contributed by atoms with Crippen molar-refractivity contribution in [2.24, 2.45) is 5.92 Å². The van der Waals surface area contributed by atoms with E-state index in [4.69, 9.17) is 0 Å². The zero-order chi connectivity index (χ0) is 13.5. The van der Waals surface area contributed by atoms with Gasteiger partial charge in [0.1, 0.15) is 6.17 Å². The largest absolute Gasteiger partial charge is 0.303 e. The molecule has 0 N–H and O–H groups in total. The van der Waals surface area contributed by atoms with E-state index in [1.165, 1.54) is 38.6 Å².